The molecule has 0 spiro atoms. The molecule has 6 heteroatoms. The van der Waals surface area contributed by atoms with Gasteiger partial charge >= 0.3 is 6.18 Å². The molecule has 1 unspecified atom stereocenters. The Labute approximate surface area is 116 Å². The SMILES string of the molecule is CCCC(CNC(C)=O)Nc1cccc(C(F)(F)F)c1. The first-order valence-electron chi connectivity index (χ1n) is 6.51. The summed E-state index contributed by atoms with van der Waals surface area (Å²) in [5.41, 5.74) is -0.277. The van der Waals surface area contributed by atoms with Crippen molar-refractivity contribution in [3.05, 3.63) is 29.8 Å². The molecule has 0 aliphatic carbocycles. The van der Waals surface area contributed by atoms with Crippen molar-refractivity contribution < 1.29 is 18.0 Å². The van der Waals surface area contributed by atoms with E-state index in [1.165, 1.54) is 13.0 Å². The fourth-order valence-corrected chi connectivity index (χ4v) is 1.86. The molecule has 0 fully saturated rings. The van der Waals surface area contributed by atoms with Crippen LogP contribution in [0.1, 0.15) is 32.3 Å². The molecule has 0 saturated carbocycles. The molecule has 1 amide bonds. The maximum Gasteiger partial charge on any atom is 0.416 e. The van der Waals surface area contributed by atoms with Gasteiger partial charge in [0.2, 0.25) is 5.91 Å². The van der Waals surface area contributed by atoms with Crippen LogP contribution in [0.3, 0.4) is 0 Å². The Balaban J connectivity index is 2.75. The van der Waals surface area contributed by atoms with Gasteiger partial charge in [-0.2, -0.15) is 13.2 Å². The van der Waals surface area contributed by atoms with Gasteiger partial charge in [-0.1, -0.05) is 19.4 Å². The Morgan fingerprint density at radius 2 is 2.05 bits per heavy atom. The molecule has 0 radical (unpaired) electrons. The van der Waals surface area contributed by atoms with Crippen LogP contribution in [0.2, 0.25) is 0 Å². The summed E-state index contributed by atoms with van der Waals surface area (Å²) in [5, 5.41) is 5.70. The summed E-state index contributed by atoms with van der Waals surface area (Å²) in [6, 6.07) is 4.98. The third kappa shape index (κ3) is 5.50. The van der Waals surface area contributed by atoms with Crippen molar-refractivity contribution in [3.8, 4) is 0 Å². The lowest BCUT2D eigenvalue weighted by molar-refractivity contribution is -0.137. The van der Waals surface area contributed by atoms with Crippen LogP contribution in [0.25, 0.3) is 0 Å². The van der Waals surface area contributed by atoms with Crippen molar-refractivity contribution in [2.24, 2.45) is 0 Å². The number of benzene rings is 1. The molecule has 0 aliphatic rings. The van der Waals surface area contributed by atoms with Crippen LogP contribution in [0.15, 0.2) is 24.3 Å². The van der Waals surface area contributed by atoms with Crippen LogP contribution >= 0.6 is 0 Å². The van der Waals surface area contributed by atoms with Gasteiger partial charge in [-0.25, -0.2) is 0 Å². The summed E-state index contributed by atoms with van der Waals surface area (Å²) >= 11 is 0. The van der Waals surface area contributed by atoms with E-state index >= 15 is 0 Å². The van der Waals surface area contributed by atoms with Crippen LogP contribution < -0.4 is 10.6 Å². The second-order valence-corrected chi connectivity index (χ2v) is 4.65. The lowest BCUT2D eigenvalue weighted by Gasteiger charge is -2.20. The zero-order valence-corrected chi connectivity index (χ0v) is 11.6. The third-order valence-corrected chi connectivity index (χ3v) is 2.80. The Bertz CT molecular complexity index is 446. The molecule has 1 aromatic carbocycles. The number of hydrogen-bond acceptors (Lipinski definition) is 2. The van der Waals surface area contributed by atoms with E-state index in [9.17, 15) is 18.0 Å². The van der Waals surface area contributed by atoms with Crippen molar-refractivity contribution in [1.82, 2.24) is 5.32 Å². The normalized spacial score (nSPS) is 12.8. The second-order valence-electron chi connectivity index (χ2n) is 4.65. The minimum atomic E-state index is -4.35. The molecule has 20 heavy (non-hydrogen) atoms. The lowest BCUT2D eigenvalue weighted by Crippen LogP contribution is -2.35. The summed E-state index contributed by atoms with van der Waals surface area (Å²) in [5.74, 6) is -0.156. The van der Waals surface area contributed by atoms with Crippen LogP contribution in [0, 0.1) is 0 Å². The van der Waals surface area contributed by atoms with E-state index in [0.29, 0.717) is 12.2 Å². The minimum Gasteiger partial charge on any atom is -0.381 e. The maximum atomic E-state index is 12.6. The van der Waals surface area contributed by atoms with Crippen molar-refractivity contribution in [2.45, 2.75) is 38.9 Å². The lowest BCUT2D eigenvalue weighted by atomic mass is 10.1. The van der Waals surface area contributed by atoms with E-state index in [4.69, 9.17) is 0 Å². The molecule has 112 valence electrons. The van der Waals surface area contributed by atoms with Gasteiger partial charge in [0, 0.05) is 25.2 Å². The first kappa shape index (κ1) is 16.3. The Hall–Kier alpha value is -1.72. The number of amides is 1. The maximum absolute atomic E-state index is 12.6. The molecule has 1 rings (SSSR count). The monoisotopic (exact) mass is 288 g/mol. The molecule has 0 bridgehead atoms. The van der Waals surface area contributed by atoms with Gasteiger partial charge in [0.05, 0.1) is 5.56 Å². The molecule has 0 saturated heterocycles. The van der Waals surface area contributed by atoms with Crippen LogP contribution in [0.5, 0.6) is 0 Å². The number of rotatable bonds is 6. The fraction of sp³-hybridized carbons (Fsp3) is 0.500. The Morgan fingerprint density at radius 3 is 2.60 bits per heavy atom. The first-order chi connectivity index (χ1) is 9.32. The quantitative estimate of drug-likeness (QED) is 0.842. The first-order valence-corrected chi connectivity index (χ1v) is 6.51. The number of halogens is 3. The Morgan fingerprint density at radius 1 is 1.35 bits per heavy atom. The summed E-state index contributed by atoms with van der Waals surface area (Å²) in [7, 11) is 0. The summed E-state index contributed by atoms with van der Waals surface area (Å²) in [6.45, 7) is 3.78. The molecule has 3 nitrogen and oxygen atoms in total. The highest BCUT2D eigenvalue weighted by Gasteiger charge is 2.30. The van der Waals surface area contributed by atoms with E-state index in [-0.39, 0.29) is 11.9 Å². The van der Waals surface area contributed by atoms with Crippen molar-refractivity contribution >= 4 is 11.6 Å². The molecule has 2 N–H and O–H groups in total. The highest BCUT2D eigenvalue weighted by atomic mass is 19.4. The molecule has 0 aliphatic heterocycles. The van der Waals surface area contributed by atoms with Gasteiger partial charge in [0.25, 0.3) is 0 Å². The van der Waals surface area contributed by atoms with Gasteiger partial charge in [-0.15, -0.1) is 0 Å². The largest absolute Gasteiger partial charge is 0.416 e. The number of carbonyl (C=O) groups is 1. The molecular weight excluding hydrogens is 269 g/mol. The highest BCUT2D eigenvalue weighted by Crippen LogP contribution is 2.30. The summed E-state index contributed by atoms with van der Waals surface area (Å²) < 4.78 is 37.9. The van der Waals surface area contributed by atoms with Crippen molar-refractivity contribution in [1.29, 1.82) is 0 Å². The topological polar surface area (TPSA) is 41.1 Å². The minimum absolute atomic E-state index is 0.0904. The van der Waals surface area contributed by atoms with Gasteiger partial charge < -0.3 is 10.6 Å². The molecule has 0 aromatic heterocycles. The third-order valence-electron chi connectivity index (χ3n) is 2.80. The van der Waals surface area contributed by atoms with Crippen LogP contribution in [0.4, 0.5) is 18.9 Å². The molecule has 1 atom stereocenters. The van der Waals surface area contributed by atoms with E-state index < -0.39 is 11.7 Å². The second kappa shape index (κ2) is 7.17. The summed E-state index contributed by atoms with van der Waals surface area (Å²) in [4.78, 5) is 10.9. The van der Waals surface area contributed by atoms with Crippen LogP contribution in [-0.2, 0) is 11.0 Å². The predicted molar refractivity (Wildman–Crippen MR) is 72.4 cm³/mol. The van der Waals surface area contributed by atoms with Gasteiger partial charge in [0.15, 0.2) is 0 Å². The number of anilines is 1. The highest BCUT2D eigenvalue weighted by molar-refractivity contribution is 5.72. The average molecular weight is 288 g/mol. The zero-order valence-electron chi connectivity index (χ0n) is 11.6. The van der Waals surface area contributed by atoms with Gasteiger partial charge in [0.1, 0.15) is 0 Å². The zero-order chi connectivity index (χ0) is 15.2. The summed E-state index contributed by atoms with van der Waals surface area (Å²) in [6.07, 6.45) is -2.72. The molecule has 0 heterocycles. The predicted octanol–water partition coefficient (Wildman–Crippen LogP) is 3.42. The van der Waals surface area contributed by atoms with E-state index in [1.807, 2.05) is 6.92 Å². The number of hydrogen-bond donors (Lipinski definition) is 2. The van der Waals surface area contributed by atoms with E-state index in [0.717, 1.165) is 25.0 Å². The van der Waals surface area contributed by atoms with Gasteiger partial charge in [-0.3, -0.25) is 4.79 Å². The average Bonchev–Trinajstić information content (AvgIpc) is 2.35. The molecule has 1 aromatic rings. The van der Waals surface area contributed by atoms with Crippen LogP contribution in [-0.4, -0.2) is 18.5 Å². The standard InChI is InChI=1S/C14H19F3N2O/c1-3-5-13(9-18-10(2)20)19-12-7-4-6-11(8-12)14(15,16)17/h4,6-8,13,19H,3,5,9H2,1-2H3,(H,18,20). The number of nitrogens with one attached hydrogen (secondary N) is 2. The van der Waals surface area contributed by atoms with Crippen molar-refractivity contribution in [3.63, 3.8) is 0 Å². The smallest absolute Gasteiger partial charge is 0.381 e. The Kier molecular flexibility index (Phi) is 5.85. The number of carbonyl (C=O) groups excluding carboxylic acids is 1. The van der Waals surface area contributed by atoms with E-state index in [2.05, 4.69) is 10.6 Å². The number of alkyl halides is 3. The van der Waals surface area contributed by atoms with Crippen molar-refractivity contribution in [2.75, 3.05) is 11.9 Å². The van der Waals surface area contributed by atoms with Gasteiger partial charge in [-0.05, 0) is 24.6 Å². The molecular formula is C14H19F3N2O. The van der Waals surface area contributed by atoms with E-state index in [1.54, 1.807) is 6.07 Å². The fourth-order valence-electron chi connectivity index (χ4n) is 1.86.